The summed E-state index contributed by atoms with van der Waals surface area (Å²) in [6.07, 6.45) is 9.12. The van der Waals surface area contributed by atoms with Crippen molar-refractivity contribution < 1.29 is 4.79 Å². The molecule has 0 unspecified atom stereocenters. The highest BCUT2D eigenvalue weighted by Crippen LogP contribution is 2.48. The van der Waals surface area contributed by atoms with E-state index in [1.54, 1.807) is 0 Å². The highest BCUT2D eigenvalue weighted by Gasteiger charge is 2.41. The molecule has 2 rings (SSSR count). The van der Waals surface area contributed by atoms with Crippen LogP contribution in [-0.4, -0.2) is 5.78 Å². The van der Waals surface area contributed by atoms with E-state index >= 15 is 0 Å². The molecule has 2 bridgehead atoms. The molecule has 0 aliphatic heterocycles. The van der Waals surface area contributed by atoms with Gasteiger partial charge in [-0.3, -0.25) is 4.79 Å². The number of ketones is 1. The second-order valence-electron chi connectivity index (χ2n) is 5.27. The Hall–Kier alpha value is -0.590. The molecule has 0 radical (unpaired) electrons. The Morgan fingerprint density at radius 1 is 1.40 bits per heavy atom. The van der Waals surface area contributed by atoms with Crippen molar-refractivity contribution in [3.8, 4) is 0 Å². The third-order valence-corrected chi connectivity index (χ3v) is 4.17. The maximum atomic E-state index is 12.0. The molecule has 0 aromatic heterocycles. The molecule has 1 saturated carbocycles. The lowest BCUT2D eigenvalue weighted by molar-refractivity contribution is -0.123. The molecule has 0 aromatic rings. The standard InChI is InChI=1S/C14H22O/c1-3-4-5-6-14(15)13-9-11-8-12(13)7-10(11)2/h7,11-13H,3-6,8-9H2,1-2H3/t11-,12+,13+/m0/s1. The van der Waals surface area contributed by atoms with E-state index in [0.717, 1.165) is 25.2 Å². The van der Waals surface area contributed by atoms with Crippen LogP contribution in [0.2, 0.25) is 0 Å². The zero-order valence-corrected chi connectivity index (χ0v) is 9.96. The third-order valence-electron chi connectivity index (χ3n) is 4.17. The predicted molar refractivity (Wildman–Crippen MR) is 62.6 cm³/mol. The molecular formula is C14H22O. The minimum absolute atomic E-state index is 0.385. The lowest BCUT2D eigenvalue weighted by Crippen LogP contribution is -2.19. The normalized spacial score (nSPS) is 33.2. The van der Waals surface area contributed by atoms with Crippen LogP contribution in [0.3, 0.4) is 0 Å². The molecule has 0 amide bonds. The van der Waals surface area contributed by atoms with Crippen molar-refractivity contribution in [3.63, 3.8) is 0 Å². The highest BCUT2D eigenvalue weighted by atomic mass is 16.1. The summed E-state index contributed by atoms with van der Waals surface area (Å²) in [5.41, 5.74) is 1.54. The number of rotatable bonds is 5. The van der Waals surface area contributed by atoms with E-state index in [0.29, 0.717) is 17.6 Å². The topological polar surface area (TPSA) is 17.1 Å². The van der Waals surface area contributed by atoms with Crippen molar-refractivity contribution in [1.29, 1.82) is 0 Å². The SMILES string of the molecule is CCCCCC(=O)[C@@H]1C[C@@H]2C[C@H]1C=C2C. The van der Waals surface area contributed by atoms with Crippen LogP contribution in [0.25, 0.3) is 0 Å². The second-order valence-corrected chi connectivity index (χ2v) is 5.27. The second kappa shape index (κ2) is 4.51. The fourth-order valence-electron chi connectivity index (χ4n) is 3.20. The first-order chi connectivity index (χ1) is 7.22. The number of hydrogen-bond acceptors (Lipinski definition) is 1. The van der Waals surface area contributed by atoms with Crippen molar-refractivity contribution in [1.82, 2.24) is 0 Å². The van der Waals surface area contributed by atoms with Gasteiger partial charge in [-0.05, 0) is 38.0 Å². The van der Waals surface area contributed by atoms with Crippen LogP contribution in [0.15, 0.2) is 11.6 Å². The maximum Gasteiger partial charge on any atom is 0.136 e. The first-order valence-corrected chi connectivity index (χ1v) is 6.43. The minimum atomic E-state index is 0.385. The summed E-state index contributed by atoms with van der Waals surface area (Å²) in [5.74, 6) is 2.27. The zero-order chi connectivity index (χ0) is 10.8. The van der Waals surface area contributed by atoms with Crippen molar-refractivity contribution in [3.05, 3.63) is 11.6 Å². The number of hydrogen-bond donors (Lipinski definition) is 0. The molecule has 0 aromatic carbocycles. The number of fused-ring (bicyclic) bond motifs is 2. The van der Waals surface area contributed by atoms with Gasteiger partial charge in [-0.25, -0.2) is 0 Å². The van der Waals surface area contributed by atoms with Crippen LogP contribution in [0.5, 0.6) is 0 Å². The number of unbranched alkanes of at least 4 members (excludes halogenated alkanes) is 2. The number of allylic oxidation sites excluding steroid dienone is 2. The molecule has 0 heterocycles. The van der Waals surface area contributed by atoms with Crippen LogP contribution in [0, 0.1) is 17.8 Å². The van der Waals surface area contributed by atoms with E-state index in [9.17, 15) is 4.79 Å². The zero-order valence-electron chi connectivity index (χ0n) is 9.96. The Labute approximate surface area is 92.9 Å². The van der Waals surface area contributed by atoms with Crippen molar-refractivity contribution in [2.45, 2.75) is 52.4 Å². The third kappa shape index (κ3) is 2.16. The Morgan fingerprint density at radius 2 is 2.20 bits per heavy atom. The minimum Gasteiger partial charge on any atom is -0.299 e. The molecule has 15 heavy (non-hydrogen) atoms. The van der Waals surface area contributed by atoms with Gasteiger partial charge in [0.15, 0.2) is 0 Å². The maximum absolute atomic E-state index is 12.0. The Balaban J connectivity index is 1.83. The van der Waals surface area contributed by atoms with Crippen LogP contribution in [0.1, 0.15) is 52.4 Å². The first-order valence-electron chi connectivity index (χ1n) is 6.43. The molecule has 2 aliphatic rings. The van der Waals surface area contributed by atoms with E-state index < -0.39 is 0 Å². The molecule has 0 saturated heterocycles. The number of carbonyl (C=O) groups excluding carboxylic acids is 1. The summed E-state index contributed by atoms with van der Waals surface area (Å²) in [6, 6.07) is 0. The summed E-state index contributed by atoms with van der Waals surface area (Å²) in [5, 5.41) is 0. The van der Waals surface area contributed by atoms with Crippen LogP contribution < -0.4 is 0 Å². The van der Waals surface area contributed by atoms with E-state index in [-0.39, 0.29) is 0 Å². The van der Waals surface area contributed by atoms with Gasteiger partial charge < -0.3 is 0 Å². The monoisotopic (exact) mass is 206 g/mol. The van der Waals surface area contributed by atoms with E-state index in [1.807, 2.05) is 0 Å². The van der Waals surface area contributed by atoms with Gasteiger partial charge in [0.2, 0.25) is 0 Å². The highest BCUT2D eigenvalue weighted by molar-refractivity contribution is 5.82. The van der Waals surface area contributed by atoms with Crippen LogP contribution >= 0.6 is 0 Å². The summed E-state index contributed by atoms with van der Waals surface area (Å²) in [6.45, 7) is 4.41. The lowest BCUT2D eigenvalue weighted by Gasteiger charge is -2.18. The molecular weight excluding hydrogens is 184 g/mol. The van der Waals surface area contributed by atoms with E-state index in [1.165, 1.54) is 24.8 Å². The summed E-state index contributed by atoms with van der Waals surface area (Å²) < 4.78 is 0. The van der Waals surface area contributed by atoms with Gasteiger partial charge in [0.05, 0.1) is 0 Å². The van der Waals surface area contributed by atoms with Crippen molar-refractivity contribution >= 4 is 5.78 Å². The van der Waals surface area contributed by atoms with Gasteiger partial charge in [-0.1, -0.05) is 31.4 Å². The molecule has 1 fully saturated rings. The fraction of sp³-hybridized carbons (Fsp3) is 0.786. The van der Waals surface area contributed by atoms with Crippen LogP contribution in [0.4, 0.5) is 0 Å². The van der Waals surface area contributed by atoms with E-state index in [2.05, 4.69) is 19.9 Å². The average Bonchev–Trinajstić information content (AvgIpc) is 2.76. The van der Waals surface area contributed by atoms with Gasteiger partial charge in [-0.2, -0.15) is 0 Å². The fourth-order valence-corrected chi connectivity index (χ4v) is 3.20. The van der Waals surface area contributed by atoms with Gasteiger partial charge >= 0.3 is 0 Å². The van der Waals surface area contributed by atoms with Gasteiger partial charge in [0.25, 0.3) is 0 Å². The Morgan fingerprint density at radius 3 is 2.73 bits per heavy atom. The van der Waals surface area contributed by atoms with Crippen molar-refractivity contribution in [2.24, 2.45) is 17.8 Å². The summed E-state index contributed by atoms with van der Waals surface area (Å²) in [7, 11) is 0. The number of carbonyl (C=O) groups is 1. The van der Waals surface area contributed by atoms with Crippen molar-refractivity contribution in [2.75, 3.05) is 0 Å². The molecule has 1 heteroatoms. The largest absolute Gasteiger partial charge is 0.299 e. The summed E-state index contributed by atoms with van der Waals surface area (Å²) in [4.78, 5) is 12.0. The average molecular weight is 206 g/mol. The quantitative estimate of drug-likeness (QED) is 0.494. The van der Waals surface area contributed by atoms with E-state index in [4.69, 9.17) is 0 Å². The lowest BCUT2D eigenvalue weighted by atomic mass is 9.85. The van der Waals surface area contributed by atoms with Crippen LogP contribution in [-0.2, 0) is 4.79 Å². The summed E-state index contributed by atoms with van der Waals surface area (Å²) >= 11 is 0. The van der Waals surface area contributed by atoms with Gasteiger partial charge in [-0.15, -0.1) is 0 Å². The molecule has 2 aliphatic carbocycles. The number of Topliss-reactive ketones (excluding diaryl/α,β-unsaturated/α-hetero) is 1. The molecule has 0 N–H and O–H groups in total. The molecule has 1 nitrogen and oxygen atoms in total. The van der Waals surface area contributed by atoms with Gasteiger partial charge in [0, 0.05) is 12.3 Å². The Bertz CT molecular complexity index is 277. The Kier molecular flexibility index (Phi) is 3.28. The first kappa shape index (κ1) is 10.9. The molecule has 84 valence electrons. The van der Waals surface area contributed by atoms with Gasteiger partial charge in [0.1, 0.15) is 5.78 Å². The molecule has 3 atom stereocenters. The molecule has 0 spiro atoms. The smallest absolute Gasteiger partial charge is 0.136 e. The predicted octanol–water partition coefficient (Wildman–Crippen LogP) is 3.74.